The Bertz CT molecular complexity index is 871. The fraction of sp³-hybridized carbons (Fsp3) is 0.188. The van der Waals surface area contributed by atoms with Gasteiger partial charge in [0.1, 0.15) is 18.3 Å². The van der Waals surface area contributed by atoms with Gasteiger partial charge < -0.3 is 10.1 Å². The minimum absolute atomic E-state index is 0.0821. The molecule has 0 saturated carbocycles. The lowest BCUT2D eigenvalue weighted by molar-refractivity contribution is -0.117. The molecule has 0 saturated heterocycles. The number of nitrogens with zero attached hydrogens (tertiary/aromatic N) is 3. The zero-order valence-corrected chi connectivity index (χ0v) is 12.0. The summed E-state index contributed by atoms with van der Waals surface area (Å²) < 4.78 is 7.25. The van der Waals surface area contributed by atoms with Crippen LogP contribution in [0.3, 0.4) is 0 Å². The SMILES string of the molecule is Cn1ncc2c(NC(=O)[C@H]3COc4ccccc43)ccnc21. The van der Waals surface area contributed by atoms with Gasteiger partial charge in [0, 0.05) is 18.8 Å². The number of aromatic nitrogens is 3. The van der Waals surface area contributed by atoms with Gasteiger partial charge in [0.25, 0.3) is 0 Å². The third-order valence-electron chi connectivity index (χ3n) is 3.91. The molecule has 0 unspecified atom stereocenters. The Morgan fingerprint density at radius 2 is 2.23 bits per heavy atom. The molecule has 1 amide bonds. The van der Waals surface area contributed by atoms with E-state index >= 15 is 0 Å². The summed E-state index contributed by atoms with van der Waals surface area (Å²) in [6, 6.07) is 9.41. The van der Waals surface area contributed by atoms with E-state index in [9.17, 15) is 4.79 Å². The van der Waals surface area contributed by atoms with Crippen molar-refractivity contribution in [2.75, 3.05) is 11.9 Å². The molecule has 1 aromatic carbocycles. The van der Waals surface area contributed by atoms with Gasteiger partial charge in [0.2, 0.25) is 5.91 Å². The van der Waals surface area contributed by atoms with Crippen LogP contribution in [0, 0.1) is 0 Å². The number of pyridine rings is 1. The maximum absolute atomic E-state index is 12.6. The molecule has 0 radical (unpaired) electrons. The molecular weight excluding hydrogens is 280 g/mol. The first-order valence-corrected chi connectivity index (χ1v) is 7.03. The number of anilines is 1. The van der Waals surface area contributed by atoms with E-state index in [2.05, 4.69) is 15.4 Å². The van der Waals surface area contributed by atoms with Crippen LogP contribution in [0.5, 0.6) is 5.75 Å². The standard InChI is InChI=1S/C16H14N4O2/c1-20-15-11(8-18-20)13(6-7-17-15)19-16(21)12-9-22-14-5-3-2-4-10(12)14/h2-8,12H,9H2,1H3,(H,17,19,21)/t12-/m0/s1. The highest BCUT2D eigenvalue weighted by Gasteiger charge is 2.30. The van der Waals surface area contributed by atoms with E-state index in [4.69, 9.17) is 4.74 Å². The van der Waals surface area contributed by atoms with E-state index in [0.29, 0.717) is 12.3 Å². The van der Waals surface area contributed by atoms with Gasteiger partial charge in [0.15, 0.2) is 5.65 Å². The molecule has 2 aromatic heterocycles. The Kier molecular flexibility index (Phi) is 2.82. The Balaban J connectivity index is 1.65. The van der Waals surface area contributed by atoms with Gasteiger partial charge >= 0.3 is 0 Å². The molecule has 1 aliphatic heterocycles. The largest absolute Gasteiger partial charge is 0.492 e. The first-order valence-electron chi connectivity index (χ1n) is 7.03. The molecular formula is C16H14N4O2. The summed E-state index contributed by atoms with van der Waals surface area (Å²) in [5, 5.41) is 7.97. The minimum Gasteiger partial charge on any atom is -0.492 e. The molecule has 4 rings (SSSR count). The molecule has 0 fully saturated rings. The average molecular weight is 294 g/mol. The highest BCUT2D eigenvalue weighted by atomic mass is 16.5. The Morgan fingerprint density at radius 3 is 3.14 bits per heavy atom. The summed E-state index contributed by atoms with van der Waals surface area (Å²) >= 11 is 0. The van der Waals surface area contributed by atoms with Gasteiger partial charge in [0.05, 0.1) is 17.3 Å². The van der Waals surface area contributed by atoms with Crippen molar-refractivity contribution < 1.29 is 9.53 Å². The number of fused-ring (bicyclic) bond motifs is 2. The average Bonchev–Trinajstić information content (AvgIpc) is 3.12. The lowest BCUT2D eigenvalue weighted by atomic mass is 10.0. The zero-order chi connectivity index (χ0) is 15.1. The molecule has 0 aliphatic carbocycles. The summed E-state index contributed by atoms with van der Waals surface area (Å²) in [5.41, 5.74) is 2.38. The molecule has 22 heavy (non-hydrogen) atoms. The molecule has 1 N–H and O–H groups in total. The van der Waals surface area contributed by atoms with Crippen molar-refractivity contribution in [3.8, 4) is 5.75 Å². The van der Waals surface area contributed by atoms with Crippen LogP contribution < -0.4 is 10.1 Å². The third kappa shape index (κ3) is 1.92. The van der Waals surface area contributed by atoms with E-state index in [0.717, 1.165) is 22.3 Å². The topological polar surface area (TPSA) is 69.0 Å². The second-order valence-electron chi connectivity index (χ2n) is 5.25. The van der Waals surface area contributed by atoms with Crippen molar-refractivity contribution in [1.29, 1.82) is 0 Å². The van der Waals surface area contributed by atoms with Crippen LogP contribution in [0.1, 0.15) is 11.5 Å². The number of nitrogens with one attached hydrogen (secondary N) is 1. The fourth-order valence-corrected chi connectivity index (χ4v) is 2.75. The van der Waals surface area contributed by atoms with Crippen molar-refractivity contribution in [3.05, 3.63) is 48.3 Å². The summed E-state index contributed by atoms with van der Waals surface area (Å²) in [6.07, 6.45) is 3.37. The van der Waals surface area contributed by atoms with Gasteiger partial charge in [-0.1, -0.05) is 18.2 Å². The highest BCUT2D eigenvalue weighted by Crippen LogP contribution is 2.34. The fourth-order valence-electron chi connectivity index (χ4n) is 2.75. The van der Waals surface area contributed by atoms with Gasteiger partial charge in [-0.05, 0) is 12.1 Å². The number of rotatable bonds is 2. The van der Waals surface area contributed by atoms with Gasteiger partial charge in [-0.25, -0.2) is 4.98 Å². The van der Waals surface area contributed by atoms with Crippen LogP contribution >= 0.6 is 0 Å². The van der Waals surface area contributed by atoms with Crippen LogP contribution in [0.4, 0.5) is 5.69 Å². The summed E-state index contributed by atoms with van der Waals surface area (Å²) in [4.78, 5) is 16.9. The first-order chi connectivity index (χ1) is 10.7. The summed E-state index contributed by atoms with van der Waals surface area (Å²) in [7, 11) is 1.82. The summed E-state index contributed by atoms with van der Waals surface area (Å²) in [6.45, 7) is 0.368. The van der Waals surface area contributed by atoms with E-state index in [1.165, 1.54) is 0 Å². The Hall–Kier alpha value is -2.89. The summed E-state index contributed by atoms with van der Waals surface area (Å²) in [5.74, 6) is 0.404. The van der Waals surface area contributed by atoms with Crippen molar-refractivity contribution in [2.24, 2.45) is 7.05 Å². The highest BCUT2D eigenvalue weighted by molar-refractivity contribution is 6.03. The maximum atomic E-state index is 12.6. The predicted molar refractivity (Wildman–Crippen MR) is 81.8 cm³/mol. The van der Waals surface area contributed by atoms with E-state index in [1.54, 1.807) is 23.1 Å². The third-order valence-corrected chi connectivity index (χ3v) is 3.91. The quantitative estimate of drug-likeness (QED) is 0.785. The monoisotopic (exact) mass is 294 g/mol. The van der Waals surface area contributed by atoms with Crippen LogP contribution in [0.25, 0.3) is 11.0 Å². The second kappa shape index (κ2) is 4.84. The maximum Gasteiger partial charge on any atom is 0.235 e. The minimum atomic E-state index is -0.295. The molecule has 0 spiro atoms. The van der Waals surface area contributed by atoms with E-state index < -0.39 is 0 Å². The van der Waals surface area contributed by atoms with E-state index in [1.807, 2.05) is 31.3 Å². The molecule has 6 nitrogen and oxygen atoms in total. The van der Waals surface area contributed by atoms with Crippen LogP contribution in [-0.4, -0.2) is 27.3 Å². The normalized spacial score (nSPS) is 16.3. The number of aryl methyl sites for hydroxylation is 1. The molecule has 1 aliphatic rings. The van der Waals surface area contributed by atoms with Gasteiger partial charge in [-0.2, -0.15) is 5.10 Å². The van der Waals surface area contributed by atoms with Crippen LogP contribution in [0.2, 0.25) is 0 Å². The van der Waals surface area contributed by atoms with Gasteiger partial charge in [-0.15, -0.1) is 0 Å². The van der Waals surface area contributed by atoms with Crippen molar-refractivity contribution >= 4 is 22.6 Å². The van der Waals surface area contributed by atoms with Gasteiger partial charge in [-0.3, -0.25) is 9.48 Å². The molecule has 6 heteroatoms. The smallest absolute Gasteiger partial charge is 0.235 e. The van der Waals surface area contributed by atoms with Crippen LogP contribution in [-0.2, 0) is 11.8 Å². The van der Waals surface area contributed by atoms with E-state index in [-0.39, 0.29) is 11.8 Å². The molecule has 110 valence electrons. The molecule has 1 atom stereocenters. The van der Waals surface area contributed by atoms with Crippen molar-refractivity contribution in [3.63, 3.8) is 0 Å². The lowest BCUT2D eigenvalue weighted by Gasteiger charge is -2.10. The number of hydrogen-bond donors (Lipinski definition) is 1. The Labute approximate surface area is 126 Å². The molecule has 3 aromatic rings. The van der Waals surface area contributed by atoms with Crippen LogP contribution in [0.15, 0.2) is 42.7 Å². The number of para-hydroxylation sites is 1. The van der Waals surface area contributed by atoms with Crippen molar-refractivity contribution in [2.45, 2.75) is 5.92 Å². The number of hydrogen-bond acceptors (Lipinski definition) is 4. The zero-order valence-electron chi connectivity index (χ0n) is 12.0. The number of carbonyl (C=O) groups excluding carboxylic acids is 1. The van der Waals surface area contributed by atoms with Crippen molar-refractivity contribution in [1.82, 2.24) is 14.8 Å². The number of amides is 1. The Morgan fingerprint density at radius 1 is 1.36 bits per heavy atom. The second-order valence-corrected chi connectivity index (χ2v) is 5.25. The predicted octanol–water partition coefficient (Wildman–Crippen LogP) is 2.08. The first kappa shape index (κ1) is 12.8. The molecule has 0 bridgehead atoms. The number of ether oxygens (including phenoxy) is 1. The number of benzene rings is 1. The molecule has 3 heterocycles. The lowest BCUT2D eigenvalue weighted by Crippen LogP contribution is -2.22. The number of carbonyl (C=O) groups is 1.